The molecule has 1 heteroatoms. The predicted octanol–water partition coefficient (Wildman–Crippen LogP) is 1.91. The quantitative estimate of drug-likeness (QED) is 0.521. The number of nitrogens with one attached hydrogen (secondary N) is 1. The zero-order valence-electron chi connectivity index (χ0n) is 6.49. The van der Waals surface area contributed by atoms with Crippen molar-refractivity contribution in [1.29, 1.82) is 0 Å². The summed E-state index contributed by atoms with van der Waals surface area (Å²) in [5.74, 6) is 0.653. The van der Waals surface area contributed by atoms with Crippen molar-refractivity contribution in [2.75, 3.05) is 0 Å². The van der Waals surface area contributed by atoms with E-state index in [-0.39, 0.29) is 5.54 Å². The molecular weight excluding hydrogens is 110 g/mol. The molecule has 0 aromatic rings. The van der Waals surface area contributed by atoms with Gasteiger partial charge in [0.1, 0.15) is 0 Å². The Balaban J connectivity index is 2.65. The fourth-order valence-corrected chi connectivity index (χ4v) is 1.50. The maximum atomic E-state index is 3.92. The van der Waals surface area contributed by atoms with Gasteiger partial charge in [-0.05, 0) is 26.2 Å². The summed E-state index contributed by atoms with van der Waals surface area (Å²) < 4.78 is 0. The van der Waals surface area contributed by atoms with Crippen LogP contribution in [0.4, 0.5) is 0 Å². The number of rotatable bonds is 0. The van der Waals surface area contributed by atoms with Crippen molar-refractivity contribution in [1.82, 2.24) is 5.32 Å². The van der Waals surface area contributed by atoms with Crippen molar-refractivity contribution >= 4 is 0 Å². The second-order valence-electron chi connectivity index (χ2n) is 3.64. The van der Waals surface area contributed by atoms with Crippen LogP contribution in [0.1, 0.15) is 27.2 Å². The number of hydrogen-bond donors (Lipinski definition) is 1. The molecule has 1 N–H and O–H groups in total. The normalized spacial score (nSPS) is 32.3. The second-order valence-corrected chi connectivity index (χ2v) is 3.64. The van der Waals surface area contributed by atoms with Crippen LogP contribution in [0, 0.1) is 5.92 Å². The molecular formula is C8H15N. The summed E-state index contributed by atoms with van der Waals surface area (Å²) in [4.78, 5) is 0. The second kappa shape index (κ2) is 1.76. The molecule has 0 radical (unpaired) electrons. The van der Waals surface area contributed by atoms with E-state index in [9.17, 15) is 0 Å². The smallest absolute Gasteiger partial charge is 0.0320 e. The Kier molecular flexibility index (Phi) is 1.30. The maximum Gasteiger partial charge on any atom is 0.0320 e. The van der Waals surface area contributed by atoms with E-state index in [1.54, 1.807) is 0 Å². The van der Waals surface area contributed by atoms with Gasteiger partial charge in [-0.2, -0.15) is 0 Å². The van der Waals surface area contributed by atoms with Gasteiger partial charge in [0.15, 0.2) is 0 Å². The van der Waals surface area contributed by atoms with Gasteiger partial charge in [0.25, 0.3) is 0 Å². The van der Waals surface area contributed by atoms with E-state index in [4.69, 9.17) is 0 Å². The van der Waals surface area contributed by atoms with Crippen LogP contribution in [-0.2, 0) is 0 Å². The first-order valence-corrected chi connectivity index (χ1v) is 3.48. The summed E-state index contributed by atoms with van der Waals surface area (Å²) in [7, 11) is 0. The lowest BCUT2D eigenvalue weighted by Crippen LogP contribution is -2.30. The van der Waals surface area contributed by atoms with Crippen LogP contribution in [0.25, 0.3) is 0 Å². The Morgan fingerprint density at radius 3 is 2.33 bits per heavy atom. The van der Waals surface area contributed by atoms with Gasteiger partial charge >= 0.3 is 0 Å². The summed E-state index contributed by atoms with van der Waals surface area (Å²) in [6.45, 7) is 10.6. The minimum absolute atomic E-state index is 0.288. The molecule has 0 amide bonds. The average Bonchev–Trinajstić information content (AvgIpc) is 1.79. The van der Waals surface area contributed by atoms with Crippen LogP contribution in [-0.4, -0.2) is 5.54 Å². The van der Waals surface area contributed by atoms with E-state index in [0.717, 1.165) is 0 Å². The monoisotopic (exact) mass is 125 g/mol. The van der Waals surface area contributed by atoms with Crippen molar-refractivity contribution in [3.05, 3.63) is 12.3 Å². The van der Waals surface area contributed by atoms with Crippen molar-refractivity contribution in [2.45, 2.75) is 32.7 Å². The van der Waals surface area contributed by atoms with E-state index in [1.165, 1.54) is 12.1 Å². The van der Waals surface area contributed by atoms with Crippen LogP contribution in [0.3, 0.4) is 0 Å². The first-order chi connectivity index (χ1) is 4.01. The summed E-state index contributed by atoms with van der Waals surface area (Å²) in [6, 6.07) is 0. The van der Waals surface area contributed by atoms with Crippen molar-refractivity contribution in [2.24, 2.45) is 5.92 Å². The van der Waals surface area contributed by atoms with Crippen molar-refractivity contribution < 1.29 is 0 Å². The van der Waals surface area contributed by atoms with Gasteiger partial charge in [0, 0.05) is 11.2 Å². The van der Waals surface area contributed by atoms with Gasteiger partial charge in [-0.3, -0.25) is 0 Å². The van der Waals surface area contributed by atoms with Crippen LogP contribution in [0.5, 0.6) is 0 Å². The van der Waals surface area contributed by atoms with E-state index in [2.05, 4.69) is 32.7 Å². The average molecular weight is 125 g/mol. The number of hydrogen-bond acceptors (Lipinski definition) is 1. The Morgan fingerprint density at radius 2 is 2.22 bits per heavy atom. The van der Waals surface area contributed by atoms with Gasteiger partial charge < -0.3 is 5.32 Å². The molecule has 0 aliphatic carbocycles. The summed E-state index contributed by atoms with van der Waals surface area (Å²) >= 11 is 0. The van der Waals surface area contributed by atoms with E-state index in [0.29, 0.717) is 5.92 Å². The Hall–Kier alpha value is -0.460. The molecule has 1 nitrogen and oxygen atoms in total. The molecule has 9 heavy (non-hydrogen) atoms. The van der Waals surface area contributed by atoms with Gasteiger partial charge in [-0.1, -0.05) is 13.5 Å². The molecule has 0 spiro atoms. The summed E-state index contributed by atoms with van der Waals surface area (Å²) in [5, 5.41) is 3.35. The molecule has 0 unspecified atom stereocenters. The molecule has 0 aromatic carbocycles. The fourth-order valence-electron chi connectivity index (χ4n) is 1.50. The molecule has 1 atom stereocenters. The molecule has 1 saturated heterocycles. The van der Waals surface area contributed by atoms with Crippen molar-refractivity contribution in [3.63, 3.8) is 0 Å². The zero-order valence-corrected chi connectivity index (χ0v) is 6.49. The van der Waals surface area contributed by atoms with Crippen LogP contribution < -0.4 is 5.32 Å². The number of allylic oxidation sites excluding steroid dienone is 1. The molecule has 1 aliphatic heterocycles. The summed E-state index contributed by atoms with van der Waals surface area (Å²) in [6.07, 6.45) is 1.21. The molecule has 1 heterocycles. The molecule has 1 aliphatic rings. The molecule has 0 bridgehead atoms. The summed E-state index contributed by atoms with van der Waals surface area (Å²) in [5.41, 5.74) is 1.48. The molecule has 52 valence electrons. The lowest BCUT2D eigenvalue weighted by atomic mass is 9.98. The SMILES string of the molecule is C=C1NC(C)(C)C[C@@H]1C. The van der Waals surface area contributed by atoms with E-state index in [1.807, 2.05) is 0 Å². The Bertz CT molecular complexity index is 136. The largest absolute Gasteiger partial charge is 0.384 e. The predicted molar refractivity (Wildman–Crippen MR) is 40.1 cm³/mol. The highest BCUT2D eigenvalue weighted by Crippen LogP contribution is 2.28. The van der Waals surface area contributed by atoms with E-state index >= 15 is 0 Å². The third kappa shape index (κ3) is 1.26. The molecule has 0 aromatic heterocycles. The fraction of sp³-hybridized carbons (Fsp3) is 0.750. The highest BCUT2D eigenvalue weighted by atomic mass is 15.0. The van der Waals surface area contributed by atoms with Gasteiger partial charge in [0.2, 0.25) is 0 Å². The van der Waals surface area contributed by atoms with Crippen LogP contribution in [0.2, 0.25) is 0 Å². The lowest BCUT2D eigenvalue weighted by molar-refractivity contribution is 0.450. The zero-order chi connectivity index (χ0) is 7.07. The third-order valence-corrected chi connectivity index (χ3v) is 1.91. The van der Waals surface area contributed by atoms with Gasteiger partial charge in [-0.15, -0.1) is 0 Å². The minimum atomic E-state index is 0.288. The molecule has 0 saturated carbocycles. The first kappa shape index (κ1) is 6.66. The Labute approximate surface area is 57.1 Å². The minimum Gasteiger partial charge on any atom is -0.384 e. The standard InChI is InChI=1S/C8H15N/c1-6-5-8(3,4)9-7(6)2/h6,9H,2,5H2,1,3-4H3/t6-/m0/s1. The molecule has 1 fully saturated rings. The van der Waals surface area contributed by atoms with Crippen LogP contribution in [0.15, 0.2) is 12.3 Å². The third-order valence-electron chi connectivity index (χ3n) is 1.91. The first-order valence-electron chi connectivity index (χ1n) is 3.48. The topological polar surface area (TPSA) is 12.0 Å². The highest BCUT2D eigenvalue weighted by Gasteiger charge is 2.29. The van der Waals surface area contributed by atoms with E-state index < -0.39 is 0 Å². The van der Waals surface area contributed by atoms with Gasteiger partial charge in [0.05, 0.1) is 0 Å². The van der Waals surface area contributed by atoms with Crippen LogP contribution >= 0.6 is 0 Å². The highest BCUT2D eigenvalue weighted by molar-refractivity contribution is 5.09. The maximum absolute atomic E-state index is 3.92. The molecule has 1 rings (SSSR count). The van der Waals surface area contributed by atoms with Crippen molar-refractivity contribution in [3.8, 4) is 0 Å². The lowest BCUT2D eigenvalue weighted by Gasteiger charge is -2.17. The Morgan fingerprint density at radius 1 is 1.67 bits per heavy atom. The van der Waals surface area contributed by atoms with Gasteiger partial charge in [-0.25, -0.2) is 0 Å².